The first-order chi connectivity index (χ1) is 15.7. The van der Waals surface area contributed by atoms with Crippen LogP contribution in [0.25, 0.3) is 0 Å². The van der Waals surface area contributed by atoms with E-state index in [2.05, 4.69) is 75.8 Å². The lowest BCUT2D eigenvalue weighted by Gasteiger charge is -2.29. The maximum Gasteiger partial charge on any atom is 0.242 e. The molecule has 1 amide bonds. The smallest absolute Gasteiger partial charge is 0.242 e. The zero-order chi connectivity index (χ0) is 22.2. The summed E-state index contributed by atoms with van der Waals surface area (Å²) in [5.74, 6) is 6.65. The molecule has 3 heterocycles. The van der Waals surface area contributed by atoms with E-state index in [0.29, 0.717) is 6.54 Å². The van der Waals surface area contributed by atoms with E-state index in [1.54, 1.807) is 11.3 Å². The van der Waals surface area contributed by atoms with Crippen molar-refractivity contribution in [1.29, 1.82) is 0 Å². The van der Waals surface area contributed by atoms with Crippen molar-refractivity contribution >= 4 is 29.2 Å². The number of morpholine rings is 1. The third-order valence-electron chi connectivity index (χ3n) is 5.53. The number of carbonyl (C=O) groups excluding carboxylic acids is 1. The average Bonchev–Trinajstić information content (AvgIpc) is 3.15. The van der Waals surface area contributed by atoms with Crippen molar-refractivity contribution in [2.45, 2.75) is 23.6 Å². The molecule has 7 heteroatoms. The molecule has 2 aliphatic heterocycles. The normalized spacial score (nSPS) is 19.3. The van der Waals surface area contributed by atoms with Gasteiger partial charge in [-0.15, -0.1) is 4.31 Å². The SMILES string of the molecule is Cc1ccc(C#Cc2ccc([SH+]N(CCN3CCOCC3)C3CC=CCNC3=O)s2)cc1. The van der Waals surface area contributed by atoms with Gasteiger partial charge in [-0.1, -0.05) is 53.0 Å². The second kappa shape index (κ2) is 11.7. The Balaban J connectivity index is 1.44. The van der Waals surface area contributed by atoms with E-state index < -0.39 is 0 Å². The standard InChI is InChI=1S/C25H29N3O2S2/c1-20-5-7-21(8-6-20)9-10-22-11-12-24(31-22)32-28(15-14-27-16-18-30-19-17-27)23-4-2-3-13-26-25(23)29/h2-3,5-8,11-12,23H,4,13-19H2,1H3,(H,26,29)/p+1. The first-order valence-corrected chi connectivity index (χ1v) is 12.7. The first-order valence-electron chi connectivity index (χ1n) is 11.1. The molecule has 0 bridgehead atoms. The molecular weight excluding hydrogens is 438 g/mol. The van der Waals surface area contributed by atoms with Crippen molar-refractivity contribution in [3.05, 3.63) is 64.6 Å². The van der Waals surface area contributed by atoms with E-state index in [9.17, 15) is 4.79 Å². The number of carbonyl (C=O) groups is 1. The Hall–Kier alpha value is -2.08. The first kappa shape index (κ1) is 23.1. The number of thiophene rings is 1. The number of hydrogen-bond donors (Lipinski definition) is 1. The minimum Gasteiger partial charge on any atom is -0.379 e. The van der Waals surface area contributed by atoms with E-state index >= 15 is 0 Å². The number of nitrogens with one attached hydrogen (secondary N) is 1. The van der Waals surface area contributed by atoms with Crippen molar-refractivity contribution in [3.8, 4) is 11.8 Å². The van der Waals surface area contributed by atoms with Gasteiger partial charge < -0.3 is 10.1 Å². The molecule has 0 radical (unpaired) electrons. The molecule has 32 heavy (non-hydrogen) atoms. The van der Waals surface area contributed by atoms with Crippen LogP contribution in [0.2, 0.25) is 0 Å². The monoisotopic (exact) mass is 468 g/mol. The van der Waals surface area contributed by atoms with Crippen molar-refractivity contribution in [2.75, 3.05) is 45.9 Å². The summed E-state index contributed by atoms with van der Waals surface area (Å²) in [6.07, 6.45) is 4.90. The molecule has 2 aliphatic rings. The largest absolute Gasteiger partial charge is 0.379 e. The Labute approximate surface area is 199 Å². The summed E-state index contributed by atoms with van der Waals surface area (Å²) in [5.41, 5.74) is 2.26. The van der Waals surface area contributed by atoms with Gasteiger partial charge in [0.05, 0.1) is 24.6 Å². The molecule has 4 rings (SSSR count). The van der Waals surface area contributed by atoms with Crippen LogP contribution in [0.5, 0.6) is 0 Å². The molecule has 0 spiro atoms. The van der Waals surface area contributed by atoms with Crippen LogP contribution < -0.4 is 5.32 Å². The molecule has 1 atom stereocenters. The van der Waals surface area contributed by atoms with Crippen LogP contribution in [-0.4, -0.2) is 67.1 Å². The van der Waals surface area contributed by atoms with Gasteiger partial charge in [-0.25, -0.2) is 0 Å². The van der Waals surface area contributed by atoms with Crippen LogP contribution in [0.1, 0.15) is 22.4 Å². The Morgan fingerprint density at radius 1 is 1.16 bits per heavy atom. The Morgan fingerprint density at radius 3 is 2.78 bits per heavy atom. The quantitative estimate of drug-likeness (QED) is 0.306. The number of amides is 1. The molecule has 1 N–H and O–H groups in total. The van der Waals surface area contributed by atoms with Gasteiger partial charge in [-0.3, -0.25) is 9.69 Å². The van der Waals surface area contributed by atoms with Gasteiger partial charge in [0, 0.05) is 37.8 Å². The number of nitrogens with zero attached hydrogens (tertiary/aromatic N) is 2. The van der Waals surface area contributed by atoms with Gasteiger partial charge >= 0.3 is 0 Å². The summed E-state index contributed by atoms with van der Waals surface area (Å²) in [7, 11) is 0. The van der Waals surface area contributed by atoms with Crippen LogP contribution in [0.15, 0.2) is 52.8 Å². The molecule has 5 nitrogen and oxygen atoms in total. The number of benzene rings is 1. The van der Waals surface area contributed by atoms with Crippen LogP contribution in [0.4, 0.5) is 0 Å². The summed E-state index contributed by atoms with van der Waals surface area (Å²) >= 11 is 2.77. The fourth-order valence-electron chi connectivity index (χ4n) is 3.64. The highest BCUT2D eigenvalue weighted by Crippen LogP contribution is 2.22. The zero-order valence-electron chi connectivity index (χ0n) is 18.4. The topological polar surface area (TPSA) is 44.8 Å². The van der Waals surface area contributed by atoms with E-state index in [1.165, 1.54) is 9.77 Å². The molecular formula is C25H30N3O2S2+. The summed E-state index contributed by atoms with van der Waals surface area (Å²) in [6, 6.07) is 12.4. The van der Waals surface area contributed by atoms with Crippen LogP contribution in [0.3, 0.4) is 0 Å². The second-order valence-electron chi connectivity index (χ2n) is 7.94. The summed E-state index contributed by atoms with van der Waals surface area (Å²) in [5, 5.41) is 3.02. The third kappa shape index (κ3) is 6.71. The number of hydrogen-bond acceptors (Lipinski definition) is 5. The van der Waals surface area contributed by atoms with Crippen molar-refractivity contribution < 1.29 is 9.53 Å². The van der Waals surface area contributed by atoms with Gasteiger partial charge in [0.1, 0.15) is 18.0 Å². The highest BCUT2D eigenvalue weighted by atomic mass is 32.2. The molecule has 1 aromatic carbocycles. The molecule has 2 aromatic rings. The van der Waals surface area contributed by atoms with Crippen LogP contribution in [-0.2, 0) is 21.5 Å². The maximum atomic E-state index is 12.7. The minimum absolute atomic E-state index is 0.111. The van der Waals surface area contributed by atoms with E-state index in [1.807, 2.05) is 6.08 Å². The summed E-state index contributed by atoms with van der Waals surface area (Å²) < 4.78 is 8.98. The lowest BCUT2D eigenvalue weighted by atomic mass is 10.1. The summed E-state index contributed by atoms with van der Waals surface area (Å²) in [6.45, 7) is 7.97. The molecule has 1 unspecified atom stereocenters. The van der Waals surface area contributed by atoms with Gasteiger partial charge in [-0.05, 0) is 31.5 Å². The lowest BCUT2D eigenvalue weighted by Crippen LogP contribution is -2.48. The highest BCUT2D eigenvalue weighted by Gasteiger charge is 2.33. The van der Waals surface area contributed by atoms with E-state index in [-0.39, 0.29) is 11.9 Å². The number of ether oxygens (including phenoxy) is 1. The second-order valence-corrected chi connectivity index (χ2v) is 10.5. The average molecular weight is 469 g/mol. The van der Waals surface area contributed by atoms with Gasteiger partial charge in [-0.2, -0.15) is 0 Å². The predicted molar refractivity (Wildman–Crippen MR) is 133 cm³/mol. The Morgan fingerprint density at radius 2 is 1.97 bits per heavy atom. The van der Waals surface area contributed by atoms with Gasteiger partial charge in [0.15, 0.2) is 0 Å². The number of aryl methyl sites for hydroxylation is 1. The van der Waals surface area contributed by atoms with E-state index in [4.69, 9.17) is 4.74 Å². The minimum atomic E-state index is -0.152. The zero-order valence-corrected chi connectivity index (χ0v) is 20.1. The van der Waals surface area contributed by atoms with E-state index in [0.717, 1.165) is 68.2 Å². The van der Waals surface area contributed by atoms with Gasteiger partial charge in [0.2, 0.25) is 10.1 Å². The van der Waals surface area contributed by atoms with Crippen LogP contribution in [0, 0.1) is 18.8 Å². The maximum absolute atomic E-state index is 12.7. The predicted octanol–water partition coefficient (Wildman–Crippen LogP) is 2.62. The summed E-state index contributed by atoms with van der Waals surface area (Å²) in [4.78, 5) is 16.2. The van der Waals surface area contributed by atoms with Crippen LogP contribution >= 0.6 is 11.3 Å². The fourth-order valence-corrected chi connectivity index (χ4v) is 5.93. The van der Waals surface area contributed by atoms with Crippen molar-refractivity contribution in [3.63, 3.8) is 0 Å². The molecule has 168 valence electrons. The third-order valence-corrected chi connectivity index (χ3v) is 7.94. The number of thiol groups is 1. The molecule has 0 saturated carbocycles. The highest BCUT2D eigenvalue weighted by molar-refractivity contribution is 7.78. The number of rotatable bonds is 6. The molecule has 1 fully saturated rings. The Kier molecular flexibility index (Phi) is 8.43. The molecule has 1 saturated heterocycles. The van der Waals surface area contributed by atoms with Crippen molar-refractivity contribution in [1.82, 2.24) is 14.5 Å². The lowest BCUT2D eigenvalue weighted by molar-refractivity contribution is -0.124. The molecule has 0 aliphatic carbocycles. The molecule has 1 aromatic heterocycles. The van der Waals surface area contributed by atoms with Crippen molar-refractivity contribution in [2.24, 2.45) is 0 Å². The Bertz CT molecular complexity index is 985. The fraction of sp³-hybridized carbons (Fsp3) is 0.400. The van der Waals surface area contributed by atoms with Gasteiger partial charge in [0.25, 0.3) is 0 Å².